The number of carbonyl (C=O) groups is 1. The van der Waals surface area contributed by atoms with Crippen LogP contribution in [0.5, 0.6) is 0 Å². The molecule has 0 aliphatic carbocycles. The van der Waals surface area contributed by atoms with Gasteiger partial charge in [0.2, 0.25) is 0 Å². The molecular weight excluding hydrogens is 355 g/mol. The molecule has 0 aliphatic rings. The third-order valence-corrected chi connectivity index (χ3v) is 3.09. The van der Waals surface area contributed by atoms with Gasteiger partial charge in [0.15, 0.2) is 11.5 Å². The second-order valence-corrected chi connectivity index (χ2v) is 4.70. The summed E-state index contributed by atoms with van der Waals surface area (Å²) < 4.78 is 45.2. The van der Waals surface area contributed by atoms with Crippen molar-refractivity contribution in [2.45, 2.75) is 13.1 Å². The minimum Gasteiger partial charge on any atom is -0.462 e. The number of alkyl halides is 3. The van der Waals surface area contributed by atoms with Gasteiger partial charge in [0.1, 0.15) is 5.56 Å². The van der Waals surface area contributed by atoms with Crippen LogP contribution in [0.2, 0.25) is 0 Å². The van der Waals surface area contributed by atoms with Gasteiger partial charge in [0, 0.05) is 6.20 Å². The summed E-state index contributed by atoms with van der Waals surface area (Å²) >= 11 is 3.10. The molecule has 0 saturated carbocycles. The van der Waals surface area contributed by atoms with Crippen LogP contribution < -0.4 is 0 Å². The van der Waals surface area contributed by atoms with Gasteiger partial charge in [-0.05, 0) is 35.0 Å². The Morgan fingerprint density at radius 2 is 2.19 bits per heavy atom. The molecular formula is C12H9BrF3N3O2. The van der Waals surface area contributed by atoms with Crippen molar-refractivity contribution in [1.82, 2.24) is 14.8 Å². The number of rotatable bonds is 3. The van der Waals surface area contributed by atoms with Crippen molar-refractivity contribution in [3.8, 4) is 5.82 Å². The van der Waals surface area contributed by atoms with Crippen molar-refractivity contribution >= 4 is 21.9 Å². The first kappa shape index (κ1) is 15.5. The van der Waals surface area contributed by atoms with E-state index >= 15 is 0 Å². The standard InChI is InChI=1S/C12H9BrF3N3O2/c1-2-21-11(20)7-6-18-19(9(7)12(14,15)16)10-8(13)4-3-5-17-10/h3-6H,2H2,1H3. The fourth-order valence-electron chi connectivity index (χ4n) is 1.67. The zero-order valence-corrected chi connectivity index (χ0v) is 12.3. The van der Waals surface area contributed by atoms with Crippen molar-refractivity contribution in [1.29, 1.82) is 0 Å². The Hall–Kier alpha value is -1.90. The molecule has 9 heteroatoms. The fraction of sp³-hybridized carbons (Fsp3) is 0.250. The molecule has 2 aromatic heterocycles. The van der Waals surface area contributed by atoms with E-state index in [1.165, 1.54) is 19.2 Å². The summed E-state index contributed by atoms with van der Waals surface area (Å²) in [5.74, 6) is -1.15. The zero-order valence-electron chi connectivity index (χ0n) is 10.7. The lowest BCUT2D eigenvalue weighted by molar-refractivity contribution is -0.143. The Labute approximate surface area is 125 Å². The van der Waals surface area contributed by atoms with Gasteiger partial charge in [0.25, 0.3) is 0 Å². The molecule has 0 radical (unpaired) electrons. The minimum absolute atomic E-state index is 0.0331. The van der Waals surface area contributed by atoms with Gasteiger partial charge in [-0.2, -0.15) is 18.3 Å². The van der Waals surface area contributed by atoms with Gasteiger partial charge in [-0.3, -0.25) is 0 Å². The minimum atomic E-state index is -4.78. The molecule has 0 amide bonds. The average Bonchev–Trinajstić information content (AvgIpc) is 2.84. The number of hydrogen-bond acceptors (Lipinski definition) is 4. The maximum Gasteiger partial charge on any atom is 0.434 e. The van der Waals surface area contributed by atoms with Crippen molar-refractivity contribution in [3.63, 3.8) is 0 Å². The topological polar surface area (TPSA) is 57.0 Å². The van der Waals surface area contributed by atoms with Crippen LogP contribution in [0.1, 0.15) is 23.0 Å². The monoisotopic (exact) mass is 363 g/mol. The summed E-state index contributed by atoms with van der Waals surface area (Å²) in [5.41, 5.74) is -1.87. The summed E-state index contributed by atoms with van der Waals surface area (Å²) in [4.78, 5) is 15.5. The Morgan fingerprint density at radius 1 is 1.48 bits per heavy atom. The highest BCUT2D eigenvalue weighted by molar-refractivity contribution is 9.10. The van der Waals surface area contributed by atoms with Gasteiger partial charge in [0.05, 0.1) is 17.3 Å². The molecule has 0 atom stereocenters. The Morgan fingerprint density at radius 3 is 2.76 bits per heavy atom. The smallest absolute Gasteiger partial charge is 0.434 e. The van der Waals surface area contributed by atoms with Crippen LogP contribution >= 0.6 is 15.9 Å². The van der Waals surface area contributed by atoms with Crippen molar-refractivity contribution < 1.29 is 22.7 Å². The number of aromatic nitrogens is 3. The largest absolute Gasteiger partial charge is 0.462 e. The first-order chi connectivity index (χ1) is 9.86. The van der Waals surface area contributed by atoms with Crippen LogP contribution in [-0.4, -0.2) is 27.3 Å². The average molecular weight is 364 g/mol. The second-order valence-electron chi connectivity index (χ2n) is 3.85. The Balaban J connectivity index is 2.64. The zero-order chi connectivity index (χ0) is 15.6. The molecule has 0 unspecified atom stereocenters. The molecule has 0 bridgehead atoms. The van der Waals surface area contributed by atoms with E-state index in [9.17, 15) is 18.0 Å². The molecule has 0 aliphatic heterocycles. The Bertz CT molecular complexity index is 670. The molecule has 0 aromatic carbocycles. The van der Waals surface area contributed by atoms with Gasteiger partial charge in [-0.15, -0.1) is 0 Å². The fourth-order valence-corrected chi connectivity index (χ4v) is 2.10. The molecule has 0 spiro atoms. The highest BCUT2D eigenvalue weighted by atomic mass is 79.9. The molecule has 0 fully saturated rings. The lowest BCUT2D eigenvalue weighted by Crippen LogP contribution is -2.19. The summed E-state index contributed by atoms with van der Waals surface area (Å²) in [6.45, 7) is 1.47. The van der Waals surface area contributed by atoms with E-state index in [0.29, 0.717) is 9.15 Å². The van der Waals surface area contributed by atoms with Crippen molar-refractivity contribution in [2.24, 2.45) is 0 Å². The van der Waals surface area contributed by atoms with Crippen molar-refractivity contribution in [2.75, 3.05) is 6.61 Å². The quantitative estimate of drug-likeness (QED) is 0.785. The summed E-state index contributed by atoms with van der Waals surface area (Å²) in [6.07, 6.45) is -2.64. The maximum absolute atomic E-state index is 13.2. The Kier molecular flexibility index (Phi) is 4.31. The van der Waals surface area contributed by atoms with Crippen LogP contribution in [0, 0.1) is 0 Å². The molecule has 2 heterocycles. The van der Waals surface area contributed by atoms with E-state index in [1.807, 2.05) is 0 Å². The first-order valence-electron chi connectivity index (χ1n) is 5.79. The molecule has 112 valence electrons. The first-order valence-corrected chi connectivity index (χ1v) is 6.58. The maximum atomic E-state index is 13.2. The number of nitrogens with zero attached hydrogens (tertiary/aromatic N) is 3. The number of hydrogen-bond donors (Lipinski definition) is 0. The number of halogens is 4. The number of ether oxygens (including phenoxy) is 1. The molecule has 5 nitrogen and oxygen atoms in total. The van der Waals surface area contributed by atoms with Gasteiger partial charge < -0.3 is 4.74 Å². The number of carbonyl (C=O) groups excluding carboxylic acids is 1. The van der Waals surface area contributed by atoms with Crippen LogP contribution in [0.25, 0.3) is 5.82 Å². The predicted molar refractivity (Wildman–Crippen MR) is 70.0 cm³/mol. The predicted octanol–water partition coefficient (Wildman–Crippen LogP) is 3.23. The SMILES string of the molecule is CCOC(=O)c1cnn(-c2ncccc2Br)c1C(F)(F)F. The van der Waals surface area contributed by atoms with Crippen LogP contribution in [-0.2, 0) is 10.9 Å². The van der Waals surface area contributed by atoms with E-state index in [4.69, 9.17) is 0 Å². The lowest BCUT2D eigenvalue weighted by Gasteiger charge is -2.12. The van der Waals surface area contributed by atoms with E-state index in [-0.39, 0.29) is 12.4 Å². The van der Waals surface area contributed by atoms with Crippen molar-refractivity contribution in [3.05, 3.63) is 40.3 Å². The van der Waals surface area contributed by atoms with E-state index < -0.39 is 23.4 Å². The number of pyridine rings is 1. The van der Waals surface area contributed by atoms with E-state index in [1.54, 1.807) is 6.07 Å². The molecule has 2 rings (SSSR count). The third kappa shape index (κ3) is 3.07. The van der Waals surface area contributed by atoms with Crippen LogP contribution in [0.4, 0.5) is 13.2 Å². The lowest BCUT2D eigenvalue weighted by atomic mass is 10.2. The number of esters is 1. The van der Waals surface area contributed by atoms with Gasteiger partial charge in [-0.1, -0.05) is 0 Å². The van der Waals surface area contributed by atoms with E-state index in [2.05, 4.69) is 30.7 Å². The highest BCUT2D eigenvalue weighted by Gasteiger charge is 2.41. The van der Waals surface area contributed by atoms with Crippen LogP contribution in [0.3, 0.4) is 0 Å². The molecule has 0 saturated heterocycles. The van der Waals surface area contributed by atoms with Crippen LogP contribution in [0.15, 0.2) is 29.0 Å². The molecule has 0 N–H and O–H groups in total. The second kappa shape index (κ2) is 5.84. The highest BCUT2D eigenvalue weighted by Crippen LogP contribution is 2.34. The van der Waals surface area contributed by atoms with Gasteiger partial charge in [-0.25, -0.2) is 14.5 Å². The normalized spacial score (nSPS) is 11.5. The molecule has 21 heavy (non-hydrogen) atoms. The summed E-state index contributed by atoms with van der Waals surface area (Å²) in [5, 5.41) is 3.62. The molecule has 2 aromatic rings. The van der Waals surface area contributed by atoms with E-state index in [0.717, 1.165) is 6.20 Å². The third-order valence-electron chi connectivity index (χ3n) is 2.47. The summed E-state index contributed by atoms with van der Waals surface area (Å²) in [7, 11) is 0. The van der Waals surface area contributed by atoms with Gasteiger partial charge >= 0.3 is 12.1 Å². The summed E-state index contributed by atoms with van der Waals surface area (Å²) in [6, 6.07) is 3.07.